The summed E-state index contributed by atoms with van der Waals surface area (Å²) in [6.45, 7) is 6.39. The lowest BCUT2D eigenvalue weighted by Gasteiger charge is -2.12. The normalized spacial score (nSPS) is 10.4. The Bertz CT molecular complexity index is 544. The average molecular weight is 243 g/mol. The van der Waals surface area contributed by atoms with Gasteiger partial charge in [-0.1, -0.05) is 12.1 Å². The molecule has 0 atom stereocenters. The summed E-state index contributed by atoms with van der Waals surface area (Å²) in [6.07, 6.45) is 1.69. The zero-order valence-corrected chi connectivity index (χ0v) is 10.9. The van der Waals surface area contributed by atoms with E-state index in [-0.39, 0.29) is 0 Å². The number of nitrogens with zero attached hydrogens (tertiary/aromatic N) is 2. The number of ether oxygens (including phenoxy) is 1. The Hall–Kier alpha value is -1.94. The number of hydrogen-bond acceptors (Lipinski definition) is 4. The zero-order chi connectivity index (χ0) is 13.1. The average Bonchev–Trinajstić information content (AvgIpc) is 2.33. The van der Waals surface area contributed by atoms with Crippen molar-refractivity contribution in [3.63, 3.8) is 0 Å². The van der Waals surface area contributed by atoms with Crippen LogP contribution < -0.4 is 10.5 Å². The molecular formula is C14H17N3O. The van der Waals surface area contributed by atoms with E-state index in [1.54, 1.807) is 12.3 Å². The molecule has 4 heteroatoms. The molecule has 1 heterocycles. The summed E-state index contributed by atoms with van der Waals surface area (Å²) in [5.41, 5.74) is 8.88. The van der Waals surface area contributed by atoms with E-state index in [2.05, 4.69) is 9.97 Å². The Morgan fingerprint density at radius 1 is 1.17 bits per heavy atom. The van der Waals surface area contributed by atoms with Crippen LogP contribution in [-0.4, -0.2) is 9.97 Å². The van der Waals surface area contributed by atoms with Crippen molar-refractivity contribution in [3.8, 4) is 11.6 Å². The van der Waals surface area contributed by atoms with Gasteiger partial charge in [0, 0.05) is 18.8 Å². The van der Waals surface area contributed by atoms with Crippen LogP contribution in [0.1, 0.15) is 22.5 Å². The topological polar surface area (TPSA) is 61.0 Å². The van der Waals surface area contributed by atoms with E-state index in [0.717, 1.165) is 22.4 Å². The molecule has 0 saturated heterocycles. The minimum atomic E-state index is 0.536. The molecule has 2 N–H and O–H groups in total. The van der Waals surface area contributed by atoms with Gasteiger partial charge in [-0.25, -0.2) is 4.98 Å². The van der Waals surface area contributed by atoms with Crippen molar-refractivity contribution in [1.29, 1.82) is 0 Å². The van der Waals surface area contributed by atoms with E-state index < -0.39 is 0 Å². The van der Waals surface area contributed by atoms with Gasteiger partial charge in [0.15, 0.2) is 0 Å². The second-order valence-electron chi connectivity index (χ2n) is 4.31. The van der Waals surface area contributed by atoms with Crippen LogP contribution in [0.25, 0.3) is 0 Å². The molecule has 0 aliphatic heterocycles. The molecule has 4 nitrogen and oxygen atoms in total. The van der Waals surface area contributed by atoms with Gasteiger partial charge in [-0.05, 0) is 37.5 Å². The van der Waals surface area contributed by atoms with Crippen LogP contribution >= 0.6 is 0 Å². The van der Waals surface area contributed by atoms with Gasteiger partial charge < -0.3 is 10.5 Å². The van der Waals surface area contributed by atoms with Crippen LogP contribution in [0.2, 0.25) is 0 Å². The fourth-order valence-electron chi connectivity index (χ4n) is 1.91. The number of benzene rings is 1. The van der Waals surface area contributed by atoms with Crippen molar-refractivity contribution in [2.24, 2.45) is 5.73 Å². The Morgan fingerprint density at radius 2 is 1.83 bits per heavy atom. The highest BCUT2D eigenvalue weighted by atomic mass is 16.5. The minimum absolute atomic E-state index is 0.536. The third kappa shape index (κ3) is 2.65. The second-order valence-corrected chi connectivity index (χ2v) is 4.31. The molecule has 0 spiro atoms. The molecule has 0 aliphatic rings. The first kappa shape index (κ1) is 12.5. The lowest BCUT2D eigenvalue weighted by atomic mass is 10.1. The predicted molar refractivity (Wildman–Crippen MR) is 70.7 cm³/mol. The van der Waals surface area contributed by atoms with E-state index in [1.807, 2.05) is 32.9 Å². The van der Waals surface area contributed by atoms with E-state index in [4.69, 9.17) is 10.5 Å². The van der Waals surface area contributed by atoms with Gasteiger partial charge in [0.1, 0.15) is 11.6 Å². The lowest BCUT2D eigenvalue weighted by molar-refractivity contribution is 0.452. The van der Waals surface area contributed by atoms with E-state index in [9.17, 15) is 0 Å². The van der Waals surface area contributed by atoms with Crippen molar-refractivity contribution >= 4 is 0 Å². The zero-order valence-electron chi connectivity index (χ0n) is 10.9. The summed E-state index contributed by atoms with van der Waals surface area (Å²) < 4.78 is 5.83. The summed E-state index contributed by atoms with van der Waals surface area (Å²) >= 11 is 0. The summed E-state index contributed by atoms with van der Waals surface area (Å²) in [4.78, 5) is 8.28. The van der Waals surface area contributed by atoms with E-state index in [0.29, 0.717) is 18.2 Å². The second kappa shape index (κ2) is 5.14. The quantitative estimate of drug-likeness (QED) is 0.900. The predicted octanol–water partition coefficient (Wildman–Crippen LogP) is 2.65. The molecule has 0 bridgehead atoms. The minimum Gasteiger partial charge on any atom is -0.438 e. The molecule has 0 fully saturated rings. The molecule has 0 unspecified atom stereocenters. The summed E-state index contributed by atoms with van der Waals surface area (Å²) in [5, 5.41) is 0. The van der Waals surface area contributed by atoms with Gasteiger partial charge >= 0.3 is 0 Å². The van der Waals surface area contributed by atoms with Crippen LogP contribution in [0.3, 0.4) is 0 Å². The highest BCUT2D eigenvalue weighted by molar-refractivity contribution is 5.44. The fourth-order valence-corrected chi connectivity index (χ4v) is 1.91. The van der Waals surface area contributed by atoms with Crippen molar-refractivity contribution in [2.45, 2.75) is 27.3 Å². The van der Waals surface area contributed by atoms with Gasteiger partial charge in [0.2, 0.25) is 5.88 Å². The highest BCUT2D eigenvalue weighted by Crippen LogP contribution is 2.28. The smallest absolute Gasteiger partial charge is 0.222 e. The van der Waals surface area contributed by atoms with Gasteiger partial charge in [0.25, 0.3) is 0 Å². The maximum Gasteiger partial charge on any atom is 0.222 e. The van der Waals surface area contributed by atoms with Crippen LogP contribution in [0.15, 0.2) is 24.4 Å². The maximum atomic E-state index is 5.83. The van der Waals surface area contributed by atoms with Crippen LogP contribution in [0.4, 0.5) is 0 Å². The molecule has 94 valence electrons. The number of aromatic nitrogens is 2. The Morgan fingerprint density at radius 3 is 2.39 bits per heavy atom. The molecule has 2 aromatic rings. The molecule has 1 aromatic carbocycles. The third-order valence-electron chi connectivity index (χ3n) is 2.71. The number of aryl methyl sites for hydroxylation is 3. The molecule has 2 rings (SSSR count). The first-order valence-electron chi connectivity index (χ1n) is 5.88. The van der Waals surface area contributed by atoms with Gasteiger partial charge in [-0.15, -0.1) is 0 Å². The van der Waals surface area contributed by atoms with Gasteiger partial charge in [-0.3, -0.25) is 0 Å². The van der Waals surface area contributed by atoms with Crippen molar-refractivity contribution in [3.05, 3.63) is 46.9 Å². The van der Waals surface area contributed by atoms with Gasteiger partial charge in [0.05, 0.1) is 0 Å². The highest BCUT2D eigenvalue weighted by Gasteiger charge is 2.08. The third-order valence-corrected chi connectivity index (χ3v) is 2.71. The molecule has 0 aliphatic carbocycles. The van der Waals surface area contributed by atoms with Crippen LogP contribution in [-0.2, 0) is 6.54 Å². The summed E-state index contributed by atoms with van der Waals surface area (Å²) in [6, 6.07) is 5.83. The van der Waals surface area contributed by atoms with Gasteiger partial charge in [-0.2, -0.15) is 4.98 Å². The molecule has 0 saturated carbocycles. The molecular weight excluding hydrogens is 226 g/mol. The largest absolute Gasteiger partial charge is 0.438 e. The Balaban J connectivity index is 2.35. The molecule has 0 amide bonds. The Kier molecular flexibility index (Phi) is 3.58. The first-order chi connectivity index (χ1) is 8.60. The summed E-state index contributed by atoms with van der Waals surface area (Å²) in [5.74, 6) is 2.10. The molecule has 0 radical (unpaired) electrons. The first-order valence-corrected chi connectivity index (χ1v) is 5.88. The number of hydrogen-bond donors (Lipinski definition) is 1. The summed E-state index contributed by atoms with van der Waals surface area (Å²) in [7, 11) is 0. The standard InChI is InChI=1S/C14H17N3O/c1-9-6-12(8-15)7-10(2)14(9)18-13-4-5-16-11(3)17-13/h4-7H,8,15H2,1-3H3. The van der Waals surface area contributed by atoms with Crippen LogP contribution in [0, 0.1) is 20.8 Å². The van der Waals surface area contributed by atoms with E-state index in [1.165, 1.54) is 0 Å². The maximum absolute atomic E-state index is 5.83. The number of rotatable bonds is 3. The van der Waals surface area contributed by atoms with E-state index >= 15 is 0 Å². The van der Waals surface area contributed by atoms with Crippen molar-refractivity contribution in [2.75, 3.05) is 0 Å². The number of nitrogens with two attached hydrogens (primary N) is 1. The van der Waals surface area contributed by atoms with Crippen LogP contribution in [0.5, 0.6) is 11.6 Å². The van der Waals surface area contributed by atoms with Crippen molar-refractivity contribution < 1.29 is 4.74 Å². The molecule has 1 aromatic heterocycles. The van der Waals surface area contributed by atoms with Crippen molar-refractivity contribution in [1.82, 2.24) is 9.97 Å². The monoisotopic (exact) mass is 243 g/mol. The fraction of sp³-hybridized carbons (Fsp3) is 0.286. The Labute approximate surface area is 107 Å². The molecule has 18 heavy (non-hydrogen) atoms. The lowest BCUT2D eigenvalue weighted by Crippen LogP contribution is -2.00. The SMILES string of the molecule is Cc1nccc(Oc2c(C)cc(CN)cc2C)n1.